The lowest BCUT2D eigenvalue weighted by atomic mass is 10.3. The van der Waals surface area contributed by atoms with Gasteiger partial charge in [0.25, 0.3) is 0 Å². The van der Waals surface area contributed by atoms with Crippen LogP contribution >= 0.6 is 0 Å². The summed E-state index contributed by atoms with van der Waals surface area (Å²) in [5.74, 6) is 0.898. The minimum absolute atomic E-state index is 0.419. The number of hydrogen-bond acceptors (Lipinski definition) is 3. The average molecular weight is 198 g/mol. The minimum Gasteiger partial charge on any atom is -0.381 e. The van der Waals surface area contributed by atoms with E-state index in [-0.39, 0.29) is 0 Å². The van der Waals surface area contributed by atoms with Gasteiger partial charge in [-0.05, 0) is 38.1 Å². The highest BCUT2D eigenvalue weighted by Gasteiger charge is 2.21. The van der Waals surface area contributed by atoms with Crippen molar-refractivity contribution in [3.63, 3.8) is 0 Å². The van der Waals surface area contributed by atoms with Crippen LogP contribution in [0.2, 0.25) is 0 Å². The van der Waals surface area contributed by atoms with Gasteiger partial charge < -0.3 is 15.4 Å². The molecule has 3 heteroatoms. The van der Waals surface area contributed by atoms with Gasteiger partial charge in [-0.25, -0.2) is 0 Å². The van der Waals surface area contributed by atoms with Crippen molar-refractivity contribution in [1.82, 2.24) is 4.90 Å². The number of rotatable bonds is 6. The topological polar surface area (TPSA) is 38.5 Å². The van der Waals surface area contributed by atoms with Crippen LogP contribution in [0.15, 0.2) is 0 Å². The number of nitrogens with zero attached hydrogens (tertiary/aromatic N) is 1. The molecule has 0 spiro atoms. The van der Waals surface area contributed by atoms with Crippen molar-refractivity contribution >= 4 is 0 Å². The Morgan fingerprint density at radius 3 is 2.79 bits per heavy atom. The smallest absolute Gasteiger partial charge is 0.0494 e. The lowest BCUT2D eigenvalue weighted by Crippen LogP contribution is -2.27. The summed E-state index contributed by atoms with van der Waals surface area (Å²) in [7, 11) is 0. The molecule has 1 atom stereocenters. The quantitative estimate of drug-likeness (QED) is 0.643. The molecule has 3 nitrogen and oxygen atoms in total. The monoisotopic (exact) mass is 198 g/mol. The maximum absolute atomic E-state index is 5.83. The van der Waals surface area contributed by atoms with Gasteiger partial charge in [0.05, 0.1) is 0 Å². The first-order chi connectivity index (χ1) is 6.84. The molecule has 2 N–H and O–H groups in total. The fourth-order valence-electron chi connectivity index (χ4n) is 1.99. The summed E-state index contributed by atoms with van der Waals surface area (Å²) in [5.41, 5.74) is 5.83. The molecule has 1 aliphatic heterocycles. The van der Waals surface area contributed by atoms with Crippen LogP contribution in [0.25, 0.3) is 0 Å². The average Bonchev–Trinajstić information content (AvgIpc) is 2.89. The predicted molar refractivity (Wildman–Crippen MR) is 57.2 cm³/mol. The molecule has 0 aromatic carbocycles. The molecule has 2 fully saturated rings. The van der Waals surface area contributed by atoms with Crippen LogP contribution in [0.3, 0.4) is 0 Å². The van der Waals surface area contributed by atoms with Gasteiger partial charge in [0, 0.05) is 32.3 Å². The van der Waals surface area contributed by atoms with Crippen molar-refractivity contribution in [3.8, 4) is 0 Å². The van der Waals surface area contributed by atoms with E-state index in [0.717, 1.165) is 25.7 Å². The third-order valence-electron chi connectivity index (χ3n) is 3.12. The summed E-state index contributed by atoms with van der Waals surface area (Å²) in [4.78, 5) is 2.45. The van der Waals surface area contributed by atoms with Gasteiger partial charge in [-0.15, -0.1) is 0 Å². The Bertz CT molecular complexity index is 171. The minimum atomic E-state index is 0.419. The Kier molecular flexibility index (Phi) is 3.79. The summed E-state index contributed by atoms with van der Waals surface area (Å²) < 4.78 is 5.59. The standard InChI is InChI=1S/C11H22N2O/c12-11-4-6-13(8-11)5-1-7-14-9-10-2-3-10/h10-11H,1-9,12H2. The zero-order valence-electron chi connectivity index (χ0n) is 8.95. The first-order valence-corrected chi connectivity index (χ1v) is 5.90. The molecular weight excluding hydrogens is 176 g/mol. The summed E-state index contributed by atoms with van der Waals surface area (Å²) in [5, 5.41) is 0. The molecule has 82 valence electrons. The highest BCUT2D eigenvalue weighted by Crippen LogP contribution is 2.28. The Hall–Kier alpha value is -0.120. The molecule has 2 rings (SSSR count). The predicted octanol–water partition coefficient (Wildman–Crippen LogP) is 0.836. The van der Waals surface area contributed by atoms with Crippen LogP contribution in [0.5, 0.6) is 0 Å². The van der Waals surface area contributed by atoms with Crippen LogP contribution in [-0.4, -0.2) is 43.8 Å². The highest BCUT2D eigenvalue weighted by molar-refractivity contribution is 4.77. The highest BCUT2D eigenvalue weighted by atomic mass is 16.5. The first kappa shape index (κ1) is 10.4. The third-order valence-corrected chi connectivity index (χ3v) is 3.12. The molecule has 1 saturated carbocycles. The van der Waals surface area contributed by atoms with Gasteiger partial charge >= 0.3 is 0 Å². The van der Waals surface area contributed by atoms with Crippen molar-refractivity contribution in [3.05, 3.63) is 0 Å². The molecule has 1 unspecified atom stereocenters. The van der Waals surface area contributed by atoms with Crippen molar-refractivity contribution in [1.29, 1.82) is 0 Å². The maximum atomic E-state index is 5.83. The molecule has 2 aliphatic rings. The molecule has 0 bridgehead atoms. The number of likely N-dealkylation sites (tertiary alicyclic amines) is 1. The van der Waals surface area contributed by atoms with Crippen molar-refractivity contribution in [2.75, 3.05) is 32.8 Å². The van der Waals surface area contributed by atoms with Gasteiger partial charge in [0.2, 0.25) is 0 Å². The van der Waals surface area contributed by atoms with E-state index in [2.05, 4.69) is 4.90 Å². The fourth-order valence-corrected chi connectivity index (χ4v) is 1.99. The summed E-state index contributed by atoms with van der Waals surface area (Å²) >= 11 is 0. The Morgan fingerprint density at radius 1 is 1.29 bits per heavy atom. The zero-order chi connectivity index (χ0) is 9.80. The number of hydrogen-bond donors (Lipinski definition) is 1. The van der Waals surface area contributed by atoms with Crippen molar-refractivity contribution in [2.45, 2.75) is 31.7 Å². The SMILES string of the molecule is NC1CCN(CCCOCC2CC2)C1. The molecule has 14 heavy (non-hydrogen) atoms. The van der Waals surface area contributed by atoms with Crippen LogP contribution in [-0.2, 0) is 4.74 Å². The lowest BCUT2D eigenvalue weighted by molar-refractivity contribution is 0.114. The van der Waals surface area contributed by atoms with Crippen molar-refractivity contribution < 1.29 is 4.74 Å². The molecule has 0 amide bonds. The first-order valence-electron chi connectivity index (χ1n) is 5.90. The lowest BCUT2D eigenvalue weighted by Gasteiger charge is -2.14. The van der Waals surface area contributed by atoms with E-state index in [1.165, 1.54) is 38.8 Å². The van der Waals surface area contributed by atoms with Crippen LogP contribution in [0.1, 0.15) is 25.7 Å². The van der Waals surface area contributed by atoms with Gasteiger partial charge in [-0.3, -0.25) is 0 Å². The van der Waals surface area contributed by atoms with E-state index in [0.29, 0.717) is 6.04 Å². The number of ether oxygens (including phenoxy) is 1. The summed E-state index contributed by atoms with van der Waals surface area (Å²) in [6, 6.07) is 0.419. The Morgan fingerprint density at radius 2 is 2.14 bits per heavy atom. The van der Waals surface area contributed by atoms with Crippen LogP contribution in [0, 0.1) is 5.92 Å². The Balaban J connectivity index is 1.42. The van der Waals surface area contributed by atoms with Crippen molar-refractivity contribution in [2.24, 2.45) is 11.7 Å². The van der Waals surface area contributed by atoms with E-state index in [1.54, 1.807) is 0 Å². The summed E-state index contributed by atoms with van der Waals surface area (Å²) in [6.45, 7) is 5.37. The largest absolute Gasteiger partial charge is 0.381 e. The van der Waals surface area contributed by atoms with E-state index in [4.69, 9.17) is 10.5 Å². The van der Waals surface area contributed by atoms with Gasteiger partial charge in [0.15, 0.2) is 0 Å². The third kappa shape index (κ3) is 3.56. The molecule has 0 aromatic rings. The van der Waals surface area contributed by atoms with E-state index < -0.39 is 0 Å². The second kappa shape index (κ2) is 5.10. The van der Waals surface area contributed by atoms with Gasteiger partial charge in [0.1, 0.15) is 0 Å². The molecule has 0 aromatic heterocycles. The molecule has 0 radical (unpaired) electrons. The van der Waals surface area contributed by atoms with E-state index in [9.17, 15) is 0 Å². The molecule has 1 heterocycles. The van der Waals surface area contributed by atoms with Crippen LogP contribution < -0.4 is 5.73 Å². The fraction of sp³-hybridized carbons (Fsp3) is 1.00. The molecular formula is C11H22N2O. The van der Waals surface area contributed by atoms with E-state index in [1.807, 2.05) is 0 Å². The van der Waals surface area contributed by atoms with Gasteiger partial charge in [-0.2, -0.15) is 0 Å². The summed E-state index contributed by atoms with van der Waals surface area (Å²) in [6.07, 6.45) is 5.12. The molecule has 1 aliphatic carbocycles. The molecule has 1 saturated heterocycles. The van der Waals surface area contributed by atoms with E-state index >= 15 is 0 Å². The van der Waals surface area contributed by atoms with Gasteiger partial charge in [-0.1, -0.05) is 0 Å². The zero-order valence-corrected chi connectivity index (χ0v) is 8.95. The Labute approximate surface area is 86.6 Å². The maximum Gasteiger partial charge on any atom is 0.0494 e. The number of nitrogens with two attached hydrogens (primary N) is 1. The van der Waals surface area contributed by atoms with Crippen LogP contribution in [0.4, 0.5) is 0 Å². The normalized spacial score (nSPS) is 28.5. The second-order valence-electron chi connectivity index (χ2n) is 4.72. The second-order valence-corrected chi connectivity index (χ2v) is 4.72.